The SMILES string of the molecule is C.FC1(F)C[C@H]1CCn1ccc2c(Nc3c(Cl)cccc3Cl)nccc21. The van der Waals surface area contributed by atoms with E-state index in [-0.39, 0.29) is 13.8 Å². The zero-order valence-corrected chi connectivity index (χ0v) is 14.7. The number of fused-ring (bicyclic) bond motifs is 1. The van der Waals surface area contributed by atoms with Gasteiger partial charge in [-0.2, -0.15) is 0 Å². The highest BCUT2D eigenvalue weighted by atomic mass is 35.5. The van der Waals surface area contributed by atoms with Crippen LogP contribution in [0.5, 0.6) is 0 Å². The average Bonchev–Trinajstić information content (AvgIpc) is 2.99. The Morgan fingerprint density at radius 3 is 2.54 bits per heavy atom. The Bertz CT molecular complexity index is 919. The quantitative estimate of drug-likeness (QED) is 0.514. The van der Waals surface area contributed by atoms with E-state index < -0.39 is 11.8 Å². The highest BCUT2D eigenvalue weighted by molar-refractivity contribution is 6.39. The molecule has 2 heterocycles. The van der Waals surface area contributed by atoms with Gasteiger partial charge in [0.15, 0.2) is 0 Å². The van der Waals surface area contributed by atoms with Crippen LogP contribution in [0.25, 0.3) is 10.9 Å². The topological polar surface area (TPSA) is 29.9 Å². The molecule has 7 heteroatoms. The first-order valence-corrected chi connectivity index (χ1v) is 8.74. The predicted octanol–water partition coefficient (Wildman–Crippen LogP) is 6.77. The summed E-state index contributed by atoms with van der Waals surface area (Å²) in [6, 6.07) is 9.06. The fraction of sp³-hybridized carbons (Fsp3) is 0.316. The number of anilines is 2. The Morgan fingerprint density at radius 2 is 1.88 bits per heavy atom. The van der Waals surface area contributed by atoms with Crippen molar-refractivity contribution in [2.24, 2.45) is 5.92 Å². The van der Waals surface area contributed by atoms with Crippen LogP contribution in [-0.2, 0) is 6.54 Å². The minimum absolute atomic E-state index is 0. The van der Waals surface area contributed by atoms with Gasteiger partial charge in [-0.15, -0.1) is 0 Å². The number of pyridine rings is 1. The minimum Gasteiger partial charge on any atom is -0.347 e. The van der Waals surface area contributed by atoms with Crippen molar-refractivity contribution in [2.45, 2.75) is 32.7 Å². The third-order valence-electron chi connectivity index (χ3n) is 4.58. The summed E-state index contributed by atoms with van der Waals surface area (Å²) in [4.78, 5) is 4.37. The Hall–Kier alpha value is -1.85. The number of nitrogens with one attached hydrogen (secondary N) is 1. The lowest BCUT2D eigenvalue weighted by molar-refractivity contribution is 0.0961. The van der Waals surface area contributed by atoms with E-state index in [0.29, 0.717) is 34.5 Å². The third-order valence-corrected chi connectivity index (χ3v) is 5.21. The maximum atomic E-state index is 13.1. The number of para-hydroxylation sites is 1. The van der Waals surface area contributed by atoms with Gasteiger partial charge in [0, 0.05) is 36.7 Å². The molecule has 0 radical (unpaired) electrons. The normalized spacial score (nSPS) is 17.8. The number of nitrogens with zero attached hydrogens (tertiary/aromatic N) is 2. The van der Waals surface area contributed by atoms with Crippen molar-refractivity contribution in [3.05, 3.63) is 52.8 Å². The lowest BCUT2D eigenvalue weighted by Crippen LogP contribution is -2.01. The molecular weight excluding hydrogens is 379 g/mol. The van der Waals surface area contributed by atoms with Crippen LogP contribution in [0.2, 0.25) is 10.0 Å². The summed E-state index contributed by atoms with van der Waals surface area (Å²) < 4.78 is 28.1. The zero-order chi connectivity index (χ0) is 17.6. The average molecular weight is 398 g/mol. The van der Waals surface area contributed by atoms with Crippen molar-refractivity contribution in [3.63, 3.8) is 0 Å². The van der Waals surface area contributed by atoms with E-state index in [0.717, 1.165) is 10.9 Å². The van der Waals surface area contributed by atoms with E-state index in [1.165, 1.54) is 0 Å². The van der Waals surface area contributed by atoms with Gasteiger partial charge in [0.25, 0.3) is 5.92 Å². The molecule has 0 bridgehead atoms. The maximum Gasteiger partial charge on any atom is 0.251 e. The molecule has 0 aliphatic heterocycles. The molecule has 138 valence electrons. The maximum absolute atomic E-state index is 13.1. The Labute approximate surface area is 160 Å². The number of hydrogen-bond acceptors (Lipinski definition) is 2. The molecule has 1 aromatic carbocycles. The monoisotopic (exact) mass is 397 g/mol. The molecule has 1 N–H and O–H groups in total. The number of benzene rings is 1. The molecule has 0 amide bonds. The molecular formula is C19H19Cl2F2N3. The van der Waals surface area contributed by atoms with Gasteiger partial charge in [-0.25, -0.2) is 13.8 Å². The van der Waals surface area contributed by atoms with Gasteiger partial charge in [-0.1, -0.05) is 36.7 Å². The smallest absolute Gasteiger partial charge is 0.251 e. The van der Waals surface area contributed by atoms with Gasteiger partial charge < -0.3 is 9.88 Å². The fourth-order valence-electron chi connectivity index (χ4n) is 3.03. The summed E-state index contributed by atoms with van der Waals surface area (Å²) in [5.41, 5.74) is 1.53. The number of hydrogen-bond donors (Lipinski definition) is 1. The van der Waals surface area contributed by atoms with Crippen molar-refractivity contribution in [3.8, 4) is 0 Å². The molecule has 26 heavy (non-hydrogen) atoms. The predicted molar refractivity (Wildman–Crippen MR) is 104 cm³/mol. The van der Waals surface area contributed by atoms with E-state index in [9.17, 15) is 8.78 Å². The molecule has 1 aliphatic rings. The first-order chi connectivity index (χ1) is 12.0. The van der Waals surface area contributed by atoms with Crippen LogP contribution in [0.3, 0.4) is 0 Å². The molecule has 0 unspecified atom stereocenters. The Kier molecular flexibility index (Phi) is 5.13. The largest absolute Gasteiger partial charge is 0.347 e. The molecule has 0 saturated heterocycles. The van der Waals surface area contributed by atoms with E-state index in [1.807, 2.05) is 22.9 Å². The number of alkyl halides is 2. The second-order valence-corrected chi connectivity index (χ2v) is 7.09. The van der Waals surface area contributed by atoms with E-state index >= 15 is 0 Å². The second-order valence-electron chi connectivity index (χ2n) is 6.27. The summed E-state index contributed by atoms with van der Waals surface area (Å²) >= 11 is 12.4. The first kappa shape index (κ1) is 18.9. The standard InChI is InChI=1S/C18H15Cl2F2N3.CH4/c19-13-2-1-3-14(20)16(13)24-17-12-6-9-25(15(12)4-7-23-17)8-5-11-10-18(11,21)22;/h1-4,6-7,9,11H,5,8,10H2,(H,23,24);1H4/t11-;/m1./s1. The first-order valence-electron chi connectivity index (χ1n) is 7.98. The summed E-state index contributed by atoms with van der Waals surface area (Å²) in [5.74, 6) is -2.34. The van der Waals surface area contributed by atoms with Gasteiger partial charge >= 0.3 is 0 Å². The second kappa shape index (κ2) is 7.05. The van der Waals surface area contributed by atoms with E-state index in [4.69, 9.17) is 23.2 Å². The highest BCUT2D eigenvalue weighted by Gasteiger charge is 2.55. The molecule has 4 rings (SSSR count). The molecule has 3 nitrogen and oxygen atoms in total. The lowest BCUT2D eigenvalue weighted by atomic mass is 10.2. The van der Waals surface area contributed by atoms with Gasteiger partial charge in [-0.05, 0) is 30.7 Å². The van der Waals surface area contributed by atoms with Crippen molar-refractivity contribution in [1.82, 2.24) is 9.55 Å². The summed E-state index contributed by atoms with van der Waals surface area (Å²) in [6.07, 6.45) is 4.05. The van der Waals surface area contributed by atoms with Crippen molar-refractivity contribution >= 4 is 45.6 Å². The molecule has 3 aromatic rings. The zero-order valence-electron chi connectivity index (χ0n) is 13.1. The Morgan fingerprint density at radius 1 is 1.19 bits per heavy atom. The molecule has 0 spiro atoms. The summed E-state index contributed by atoms with van der Waals surface area (Å²) in [6.45, 7) is 0.556. The van der Waals surface area contributed by atoms with Crippen molar-refractivity contribution < 1.29 is 8.78 Å². The Balaban J connectivity index is 0.00000196. The third kappa shape index (κ3) is 3.51. The number of aromatic nitrogens is 2. The fourth-order valence-corrected chi connectivity index (χ4v) is 3.52. The highest BCUT2D eigenvalue weighted by Crippen LogP contribution is 2.50. The van der Waals surface area contributed by atoms with Gasteiger partial charge in [0.05, 0.1) is 21.2 Å². The summed E-state index contributed by atoms with van der Waals surface area (Å²) in [5, 5.41) is 5.07. The van der Waals surface area contributed by atoms with Crippen LogP contribution in [-0.4, -0.2) is 15.5 Å². The van der Waals surface area contributed by atoms with Crippen LogP contribution >= 0.6 is 23.2 Å². The molecule has 1 saturated carbocycles. The van der Waals surface area contributed by atoms with Crippen molar-refractivity contribution in [2.75, 3.05) is 5.32 Å². The van der Waals surface area contributed by atoms with Gasteiger partial charge in [-0.3, -0.25) is 0 Å². The van der Waals surface area contributed by atoms with Crippen LogP contribution in [0, 0.1) is 5.92 Å². The molecule has 1 atom stereocenters. The van der Waals surface area contributed by atoms with E-state index in [2.05, 4.69) is 10.3 Å². The van der Waals surface area contributed by atoms with Crippen molar-refractivity contribution in [1.29, 1.82) is 0 Å². The van der Waals surface area contributed by atoms with Crippen LogP contribution < -0.4 is 5.32 Å². The molecule has 1 aliphatic carbocycles. The van der Waals surface area contributed by atoms with Crippen LogP contribution in [0.4, 0.5) is 20.3 Å². The summed E-state index contributed by atoms with van der Waals surface area (Å²) in [7, 11) is 0. The van der Waals surface area contributed by atoms with Crippen LogP contribution in [0.1, 0.15) is 20.3 Å². The lowest BCUT2D eigenvalue weighted by Gasteiger charge is -2.11. The van der Waals surface area contributed by atoms with E-state index in [1.54, 1.807) is 24.4 Å². The van der Waals surface area contributed by atoms with Gasteiger partial charge in [0.1, 0.15) is 5.82 Å². The number of aryl methyl sites for hydroxylation is 1. The number of halogens is 4. The number of rotatable bonds is 5. The molecule has 2 aromatic heterocycles. The van der Waals surface area contributed by atoms with Crippen LogP contribution in [0.15, 0.2) is 42.7 Å². The van der Waals surface area contributed by atoms with Gasteiger partial charge in [0.2, 0.25) is 0 Å². The minimum atomic E-state index is -2.47. The molecule has 1 fully saturated rings.